The van der Waals surface area contributed by atoms with E-state index in [-0.39, 0.29) is 5.56 Å². The molecule has 2 aromatic heterocycles. The number of esters is 1. The first kappa shape index (κ1) is 15.6. The first-order valence-electron chi connectivity index (χ1n) is 6.56. The lowest BCUT2D eigenvalue weighted by Gasteiger charge is -1.97. The zero-order valence-corrected chi connectivity index (χ0v) is 13.0. The Morgan fingerprint density at radius 3 is 2.88 bits per heavy atom. The fraction of sp³-hybridized carbons (Fsp3) is 0.0714. The Morgan fingerprint density at radius 2 is 2.17 bits per heavy atom. The van der Waals surface area contributed by atoms with Crippen molar-refractivity contribution in [2.75, 3.05) is 7.11 Å². The van der Waals surface area contributed by atoms with Crippen molar-refractivity contribution in [2.24, 2.45) is 4.99 Å². The van der Waals surface area contributed by atoms with Gasteiger partial charge in [-0.2, -0.15) is 0 Å². The second kappa shape index (κ2) is 6.08. The maximum absolute atomic E-state index is 11.6. The number of hydrogen-bond acceptors (Lipinski definition) is 8. The Hall–Kier alpha value is -3.27. The Labute approximate surface area is 137 Å². The number of carbonyl (C=O) groups is 1. The molecular formula is C14H10N4O5S. The molecule has 0 saturated carbocycles. The van der Waals surface area contributed by atoms with Crippen molar-refractivity contribution in [1.82, 2.24) is 15.0 Å². The molecule has 0 fully saturated rings. The van der Waals surface area contributed by atoms with Gasteiger partial charge in [-0.3, -0.25) is 14.8 Å². The molecule has 3 rings (SSSR count). The maximum atomic E-state index is 11.6. The van der Waals surface area contributed by atoms with Crippen molar-refractivity contribution in [3.05, 3.63) is 50.2 Å². The average molecular weight is 346 g/mol. The van der Waals surface area contributed by atoms with Crippen molar-refractivity contribution >= 4 is 38.9 Å². The van der Waals surface area contributed by atoms with E-state index < -0.39 is 23.1 Å². The zero-order chi connectivity index (χ0) is 17.3. The lowest BCUT2D eigenvalue weighted by atomic mass is 10.2. The van der Waals surface area contributed by atoms with E-state index in [4.69, 9.17) is 0 Å². The zero-order valence-electron chi connectivity index (χ0n) is 12.2. The van der Waals surface area contributed by atoms with Crippen LogP contribution in [0, 0.1) is 0 Å². The predicted molar refractivity (Wildman–Crippen MR) is 87.6 cm³/mol. The van der Waals surface area contributed by atoms with Crippen molar-refractivity contribution in [3.8, 4) is 5.88 Å². The smallest absolute Gasteiger partial charge is 0.337 e. The van der Waals surface area contributed by atoms with Crippen LogP contribution < -0.4 is 11.2 Å². The topological polar surface area (TPSA) is 137 Å². The molecule has 0 aliphatic heterocycles. The highest BCUT2D eigenvalue weighted by Crippen LogP contribution is 2.29. The standard InChI is InChI=1S/C14H10N4O5S/c1-23-12(21)6-2-3-8-9(4-6)24-14(16-8)15-5-7-10(19)17-13(22)18-11(7)20/h2-5H,1H3,(H3,17,18,19,20,22)/b15-5+. The Bertz CT molecular complexity index is 1080. The van der Waals surface area contributed by atoms with E-state index >= 15 is 0 Å². The minimum absolute atomic E-state index is 0.191. The van der Waals surface area contributed by atoms with Gasteiger partial charge in [0.2, 0.25) is 11.0 Å². The summed E-state index contributed by atoms with van der Waals surface area (Å²) < 4.78 is 5.37. The summed E-state index contributed by atoms with van der Waals surface area (Å²) in [4.78, 5) is 46.4. The summed E-state index contributed by atoms with van der Waals surface area (Å²) in [7, 11) is 1.29. The number of aliphatic imine (C=N–C) groups is 1. The summed E-state index contributed by atoms with van der Waals surface area (Å²) >= 11 is 1.19. The Morgan fingerprint density at radius 1 is 1.38 bits per heavy atom. The van der Waals surface area contributed by atoms with Gasteiger partial charge >= 0.3 is 11.7 Å². The number of ether oxygens (including phenoxy) is 1. The monoisotopic (exact) mass is 346 g/mol. The molecular weight excluding hydrogens is 336 g/mol. The molecule has 3 aromatic rings. The van der Waals surface area contributed by atoms with Crippen LogP contribution in [0.3, 0.4) is 0 Å². The van der Waals surface area contributed by atoms with Crippen molar-refractivity contribution < 1.29 is 14.6 Å². The van der Waals surface area contributed by atoms with Crippen LogP contribution in [-0.2, 0) is 4.74 Å². The van der Waals surface area contributed by atoms with E-state index in [0.717, 1.165) is 6.21 Å². The van der Waals surface area contributed by atoms with Gasteiger partial charge in [0.25, 0.3) is 5.56 Å². The van der Waals surface area contributed by atoms with Gasteiger partial charge in [-0.15, -0.1) is 0 Å². The van der Waals surface area contributed by atoms with Gasteiger partial charge < -0.3 is 9.84 Å². The Kier molecular flexibility index (Phi) is 3.96. The highest BCUT2D eigenvalue weighted by molar-refractivity contribution is 7.22. The van der Waals surface area contributed by atoms with Gasteiger partial charge in [0.1, 0.15) is 5.56 Å². The van der Waals surface area contributed by atoms with Crippen LogP contribution in [-0.4, -0.2) is 39.4 Å². The number of thiazole rings is 1. The van der Waals surface area contributed by atoms with Crippen LogP contribution in [0.5, 0.6) is 5.88 Å². The molecule has 3 N–H and O–H groups in total. The average Bonchev–Trinajstić information content (AvgIpc) is 2.94. The number of carbonyl (C=O) groups excluding carboxylic acids is 1. The number of hydrogen-bond donors (Lipinski definition) is 3. The van der Waals surface area contributed by atoms with E-state index in [2.05, 4.69) is 19.7 Å². The third-order valence-corrected chi connectivity index (χ3v) is 3.99. The molecule has 0 atom stereocenters. The SMILES string of the molecule is COC(=O)c1ccc2nc(/N=C/c3c(O)[nH]c(=O)[nH]c3=O)sc2c1. The normalized spacial score (nSPS) is 11.2. The fourth-order valence-corrected chi connectivity index (χ4v) is 2.79. The number of aromatic amines is 2. The lowest BCUT2D eigenvalue weighted by molar-refractivity contribution is 0.0601. The molecule has 122 valence electrons. The second-order valence-electron chi connectivity index (χ2n) is 4.60. The molecule has 0 bridgehead atoms. The third-order valence-electron chi connectivity index (χ3n) is 3.06. The number of methoxy groups -OCH3 is 1. The van der Waals surface area contributed by atoms with E-state index in [1.807, 2.05) is 4.98 Å². The molecule has 0 saturated heterocycles. The molecule has 0 aliphatic rings. The van der Waals surface area contributed by atoms with Crippen LogP contribution in [0.1, 0.15) is 15.9 Å². The number of benzene rings is 1. The van der Waals surface area contributed by atoms with Gasteiger partial charge in [0, 0.05) is 6.21 Å². The summed E-state index contributed by atoms with van der Waals surface area (Å²) in [6.45, 7) is 0. The molecule has 0 radical (unpaired) electrons. The van der Waals surface area contributed by atoms with Crippen molar-refractivity contribution in [2.45, 2.75) is 0 Å². The lowest BCUT2D eigenvalue weighted by Crippen LogP contribution is -2.24. The minimum Gasteiger partial charge on any atom is -0.494 e. The first-order valence-corrected chi connectivity index (χ1v) is 7.38. The fourth-order valence-electron chi connectivity index (χ4n) is 1.94. The number of H-pyrrole nitrogens is 2. The largest absolute Gasteiger partial charge is 0.494 e. The van der Waals surface area contributed by atoms with Gasteiger partial charge in [-0.1, -0.05) is 11.3 Å². The van der Waals surface area contributed by atoms with Crippen LogP contribution in [0.2, 0.25) is 0 Å². The molecule has 9 nitrogen and oxygen atoms in total. The quantitative estimate of drug-likeness (QED) is 0.476. The molecule has 0 spiro atoms. The highest BCUT2D eigenvalue weighted by Gasteiger charge is 2.10. The molecule has 2 heterocycles. The van der Waals surface area contributed by atoms with Crippen molar-refractivity contribution in [3.63, 3.8) is 0 Å². The van der Waals surface area contributed by atoms with Crippen LogP contribution >= 0.6 is 11.3 Å². The first-order chi connectivity index (χ1) is 11.5. The maximum Gasteiger partial charge on any atom is 0.337 e. The summed E-state index contributed by atoms with van der Waals surface area (Å²) in [5, 5.41) is 9.90. The number of aromatic nitrogens is 3. The van der Waals surface area contributed by atoms with Crippen LogP contribution in [0.25, 0.3) is 10.2 Å². The van der Waals surface area contributed by atoms with Gasteiger partial charge in [-0.25, -0.2) is 19.6 Å². The van der Waals surface area contributed by atoms with Gasteiger partial charge in [0.05, 0.1) is 22.9 Å². The summed E-state index contributed by atoms with van der Waals surface area (Å²) in [5.74, 6) is -1.04. The Balaban J connectivity index is 1.97. The third kappa shape index (κ3) is 2.94. The number of rotatable bonds is 3. The number of aromatic hydroxyl groups is 1. The summed E-state index contributed by atoms with van der Waals surface area (Å²) in [6.07, 6.45) is 1.10. The van der Waals surface area contributed by atoms with E-state index in [0.29, 0.717) is 20.9 Å². The van der Waals surface area contributed by atoms with Gasteiger partial charge in [-0.05, 0) is 18.2 Å². The van der Waals surface area contributed by atoms with E-state index in [9.17, 15) is 19.5 Å². The highest BCUT2D eigenvalue weighted by atomic mass is 32.1. The number of fused-ring (bicyclic) bond motifs is 1. The summed E-state index contributed by atoms with van der Waals surface area (Å²) in [5.41, 5.74) is -0.763. The molecule has 0 aliphatic carbocycles. The molecule has 24 heavy (non-hydrogen) atoms. The molecule has 1 aromatic carbocycles. The van der Waals surface area contributed by atoms with Gasteiger partial charge in [0.15, 0.2) is 0 Å². The summed E-state index contributed by atoms with van der Waals surface area (Å²) in [6, 6.07) is 4.86. The minimum atomic E-state index is -0.815. The van der Waals surface area contributed by atoms with Crippen LogP contribution in [0.15, 0.2) is 32.8 Å². The van der Waals surface area contributed by atoms with E-state index in [1.165, 1.54) is 18.4 Å². The molecule has 0 unspecified atom stereocenters. The van der Waals surface area contributed by atoms with E-state index in [1.54, 1.807) is 18.2 Å². The van der Waals surface area contributed by atoms with Crippen molar-refractivity contribution in [1.29, 1.82) is 0 Å². The molecule has 0 amide bonds. The number of nitrogens with one attached hydrogen (secondary N) is 2. The molecule has 10 heteroatoms. The second-order valence-corrected chi connectivity index (χ2v) is 5.61. The van der Waals surface area contributed by atoms with Crippen LogP contribution in [0.4, 0.5) is 5.13 Å². The number of nitrogens with zero attached hydrogens (tertiary/aromatic N) is 2. The predicted octanol–water partition coefficient (Wildman–Crippen LogP) is 0.916.